The first-order chi connectivity index (χ1) is 11.6. The SMILES string of the molecule is C[C@@H]1[C@H](C)CCC[C@@H]1[NH2+]C[C@H](O)COCc1ccc2c(c1)OCO2. The Labute approximate surface area is 144 Å². The van der Waals surface area contributed by atoms with Crippen LogP contribution in [0.1, 0.15) is 38.7 Å². The molecule has 5 nitrogen and oxygen atoms in total. The number of aliphatic hydroxyl groups is 1. The van der Waals surface area contributed by atoms with Crippen LogP contribution in [0.15, 0.2) is 18.2 Å². The lowest BCUT2D eigenvalue weighted by Gasteiger charge is -2.32. The predicted molar refractivity (Wildman–Crippen MR) is 91.0 cm³/mol. The number of ether oxygens (including phenoxy) is 3. The molecule has 1 fully saturated rings. The normalized spacial score (nSPS) is 27.2. The molecule has 4 atom stereocenters. The van der Waals surface area contributed by atoms with Crippen molar-refractivity contribution >= 4 is 0 Å². The van der Waals surface area contributed by atoms with Crippen LogP contribution in [-0.2, 0) is 11.3 Å². The van der Waals surface area contributed by atoms with Gasteiger partial charge in [0.05, 0.1) is 19.3 Å². The molecule has 3 N–H and O–H groups in total. The van der Waals surface area contributed by atoms with Gasteiger partial charge in [-0.25, -0.2) is 0 Å². The lowest BCUT2D eigenvalue weighted by molar-refractivity contribution is -0.704. The van der Waals surface area contributed by atoms with E-state index in [0.29, 0.717) is 25.8 Å². The van der Waals surface area contributed by atoms with Crippen molar-refractivity contribution in [2.24, 2.45) is 11.8 Å². The van der Waals surface area contributed by atoms with Gasteiger partial charge in [0.25, 0.3) is 0 Å². The van der Waals surface area contributed by atoms with Crippen LogP contribution in [0.2, 0.25) is 0 Å². The summed E-state index contributed by atoms with van der Waals surface area (Å²) in [4.78, 5) is 0. The maximum Gasteiger partial charge on any atom is 0.231 e. The molecule has 0 radical (unpaired) electrons. The van der Waals surface area contributed by atoms with E-state index in [2.05, 4.69) is 19.2 Å². The maximum atomic E-state index is 10.2. The second kappa shape index (κ2) is 8.19. The van der Waals surface area contributed by atoms with Crippen LogP contribution in [0.3, 0.4) is 0 Å². The minimum absolute atomic E-state index is 0.284. The summed E-state index contributed by atoms with van der Waals surface area (Å²) >= 11 is 0. The molecule has 1 heterocycles. The standard InChI is InChI=1S/C19H29NO4/c1-13-4-3-5-17(14(13)2)20-9-16(21)11-22-10-15-6-7-18-19(8-15)24-12-23-18/h6-8,13-14,16-17,20-21H,3-5,9-12H2,1-2H3/p+1/t13-,14-,16+,17+/m1/s1. The number of hydrogen-bond donors (Lipinski definition) is 2. The zero-order valence-corrected chi connectivity index (χ0v) is 14.7. The second-order valence-electron chi connectivity index (χ2n) is 7.26. The molecule has 24 heavy (non-hydrogen) atoms. The molecular formula is C19H30NO4+. The molecule has 0 saturated heterocycles. The molecular weight excluding hydrogens is 306 g/mol. The number of quaternary nitrogens is 1. The smallest absolute Gasteiger partial charge is 0.231 e. The molecule has 1 aliphatic carbocycles. The molecule has 134 valence electrons. The number of nitrogens with two attached hydrogens (primary N) is 1. The second-order valence-corrected chi connectivity index (χ2v) is 7.26. The largest absolute Gasteiger partial charge is 0.454 e. The highest BCUT2D eigenvalue weighted by atomic mass is 16.7. The van der Waals surface area contributed by atoms with Crippen LogP contribution in [0, 0.1) is 11.8 Å². The summed E-state index contributed by atoms with van der Waals surface area (Å²) in [6.45, 7) is 6.52. The molecule has 3 rings (SSSR count). The number of fused-ring (bicyclic) bond motifs is 1. The van der Waals surface area contributed by atoms with Gasteiger partial charge in [0.15, 0.2) is 11.5 Å². The molecule has 1 saturated carbocycles. The van der Waals surface area contributed by atoms with Gasteiger partial charge in [0, 0.05) is 5.92 Å². The highest BCUT2D eigenvalue weighted by Gasteiger charge is 2.29. The number of hydrogen-bond acceptors (Lipinski definition) is 4. The van der Waals surface area contributed by atoms with E-state index in [1.165, 1.54) is 19.3 Å². The number of benzene rings is 1. The lowest BCUT2D eigenvalue weighted by atomic mass is 9.78. The zero-order chi connectivity index (χ0) is 16.9. The molecule has 1 aromatic rings. The van der Waals surface area contributed by atoms with Crippen LogP contribution >= 0.6 is 0 Å². The van der Waals surface area contributed by atoms with Gasteiger partial charge in [-0.15, -0.1) is 0 Å². The maximum absolute atomic E-state index is 10.2. The Morgan fingerprint density at radius 2 is 2.08 bits per heavy atom. The van der Waals surface area contributed by atoms with Crippen molar-refractivity contribution in [2.45, 2.75) is 51.9 Å². The lowest BCUT2D eigenvalue weighted by Crippen LogP contribution is -2.93. The third kappa shape index (κ3) is 4.41. The Morgan fingerprint density at radius 1 is 1.25 bits per heavy atom. The fourth-order valence-electron chi connectivity index (χ4n) is 3.70. The quantitative estimate of drug-likeness (QED) is 0.795. The van der Waals surface area contributed by atoms with E-state index >= 15 is 0 Å². The average Bonchev–Trinajstić information content (AvgIpc) is 3.04. The van der Waals surface area contributed by atoms with Crippen molar-refractivity contribution in [2.75, 3.05) is 19.9 Å². The van der Waals surface area contributed by atoms with Gasteiger partial charge in [0.2, 0.25) is 6.79 Å². The fraction of sp³-hybridized carbons (Fsp3) is 0.684. The topological polar surface area (TPSA) is 64.5 Å². The molecule has 0 unspecified atom stereocenters. The van der Waals surface area contributed by atoms with E-state index in [4.69, 9.17) is 14.2 Å². The summed E-state index contributed by atoms with van der Waals surface area (Å²) in [7, 11) is 0. The van der Waals surface area contributed by atoms with Crippen molar-refractivity contribution in [3.05, 3.63) is 23.8 Å². The Hall–Kier alpha value is -1.30. The zero-order valence-electron chi connectivity index (χ0n) is 14.7. The van der Waals surface area contributed by atoms with Crippen LogP contribution in [0.4, 0.5) is 0 Å². The summed E-state index contributed by atoms with van der Waals surface area (Å²) in [5.41, 5.74) is 1.03. The van der Waals surface area contributed by atoms with Crippen molar-refractivity contribution in [3.8, 4) is 11.5 Å². The summed E-state index contributed by atoms with van der Waals surface area (Å²) < 4.78 is 16.3. The molecule has 2 aliphatic rings. The third-order valence-corrected chi connectivity index (χ3v) is 5.50. The van der Waals surface area contributed by atoms with E-state index in [-0.39, 0.29) is 6.79 Å². The van der Waals surface area contributed by atoms with Gasteiger partial charge in [-0.1, -0.05) is 19.9 Å². The molecule has 5 heteroatoms. The number of aliphatic hydroxyl groups excluding tert-OH is 1. The first-order valence-corrected chi connectivity index (χ1v) is 9.11. The van der Waals surface area contributed by atoms with Crippen LogP contribution in [-0.4, -0.2) is 37.2 Å². The van der Waals surface area contributed by atoms with Crippen molar-refractivity contribution < 1.29 is 24.6 Å². The van der Waals surface area contributed by atoms with E-state index in [9.17, 15) is 5.11 Å². The third-order valence-electron chi connectivity index (χ3n) is 5.50. The molecule has 0 spiro atoms. The highest BCUT2D eigenvalue weighted by Crippen LogP contribution is 2.32. The van der Waals surface area contributed by atoms with Gasteiger partial charge in [0.1, 0.15) is 12.6 Å². The van der Waals surface area contributed by atoms with Crippen molar-refractivity contribution in [1.82, 2.24) is 0 Å². The molecule has 0 amide bonds. The highest BCUT2D eigenvalue weighted by molar-refractivity contribution is 5.44. The Balaban J connectivity index is 1.36. The predicted octanol–water partition coefficient (Wildman–Crippen LogP) is 1.68. The van der Waals surface area contributed by atoms with Crippen LogP contribution in [0.25, 0.3) is 0 Å². The van der Waals surface area contributed by atoms with Crippen molar-refractivity contribution in [3.63, 3.8) is 0 Å². The van der Waals surface area contributed by atoms with Gasteiger partial charge in [-0.05, 0) is 42.9 Å². The van der Waals surface area contributed by atoms with E-state index < -0.39 is 6.10 Å². The van der Waals surface area contributed by atoms with Crippen molar-refractivity contribution in [1.29, 1.82) is 0 Å². The molecule has 0 bridgehead atoms. The van der Waals surface area contributed by atoms with Gasteiger partial charge < -0.3 is 24.6 Å². The Kier molecular flexibility index (Phi) is 5.98. The van der Waals surface area contributed by atoms with E-state index in [0.717, 1.165) is 28.9 Å². The number of rotatable bonds is 7. The summed E-state index contributed by atoms with van der Waals surface area (Å²) in [5, 5.41) is 12.5. The van der Waals surface area contributed by atoms with Crippen LogP contribution in [0.5, 0.6) is 11.5 Å². The van der Waals surface area contributed by atoms with Gasteiger partial charge in [-0.3, -0.25) is 0 Å². The summed E-state index contributed by atoms with van der Waals surface area (Å²) in [6, 6.07) is 6.44. The van der Waals surface area contributed by atoms with Crippen LogP contribution < -0.4 is 14.8 Å². The van der Waals surface area contributed by atoms with E-state index in [1.807, 2.05) is 18.2 Å². The minimum atomic E-state index is -0.427. The molecule has 0 aromatic heterocycles. The first kappa shape index (κ1) is 17.5. The molecule has 1 aromatic carbocycles. The first-order valence-electron chi connectivity index (χ1n) is 9.11. The van der Waals surface area contributed by atoms with Gasteiger partial charge in [-0.2, -0.15) is 0 Å². The summed E-state index contributed by atoms with van der Waals surface area (Å²) in [6.07, 6.45) is 3.48. The summed E-state index contributed by atoms with van der Waals surface area (Å²) in [5.74, 6) is 3.06. The van der Waals surface area contributed by atoms with E-state index in [1.54, 1.807) is 0 Å². The Morgan fingerprint density at radius 3 is 2.96 bits per heavy atom. The minimum Gasteiger partial charge on any atom is -0.454 e. The molecule has 1 aliphatic heterocycles. The van der Waals surface area contributed by atoms with Gasteiger partial charge >= 0.3 is 0 Å². The Bertz CT molecular complexity index is 536. The average molecular weight is 336 g/mol. The fourth-order valence-corrected chi connectivity index (χ4v) is 3.70. The monoisotopic (exact) mass is 336 g/mol.